The van der Waals surface area contributed by atoms with Crippen LogP contribution in [-0.4, -0.2) is 27.2 Å². The maximum atomic E-state index is 11.6. The Bertz CT molecular complexity index is 527. The van der Waals surface area contributed by atoms with Crippen LogP contribution in [0.15, 0.2) is 22.7 Å². The number of hydrogen-bond acceptors (Lipinski definition) is 4. The first-order chi connectivity index (χ1) is 7.84. The molecule has 0 saturated heterocycles. The Balaban J connectivity index is 2.87. The third-order valence-corrected chi connectivity index (χ3v) is 3.63. The Morgan fingerprint density at radius 3 is 2.65 bits per heavy atom. The van der Waals surface area contributed by atoms with E-state index in [1.807, 2.05) is 0 Å². The molecule has 17 heavy (non-hydrogen) atoms. The summed E-state index contributed by atoms with van der Waals surface area (Å²) < 4.78 is 30.7. The maximum Gasteiger partial charge on any atom is 0.322 e. The number of aryl methyl sites for hydroxylation is 1. The number of rotatable bonds is 4. The van der Waals surface area contributed by atoms with Crippen LogP contribution in [0.1, 0.15) is 5.56 Å². The molecule has 1 N–H and O–H groups in total. The molecular weight excluding hydrogens is 310 g/mol. The number of anilines is 1. The highest BCUT2D eigenvalue weighted by Gasteiger charge is 2.17. The number of carbonyl (C=O) groups excluding carboxylic acids is 1. The molecule has 1 aromatic carbocycles. The fourth-order valence-corrected chi connectivity index (χ4v) is 2.70. The summed E-state index contributed by atoms with van der Waals surface area (Å²) in [5.74, 6) is -1.49. The maximum absolute atomic E-state index is 11.6. The van der Waals surface area contributed by atoms with Crippen molar-refractivity contribution < 1.29 is 17.9 Å². The van der Waals surface area contributed by atoms with E-state index in [2.05, 4.69) is 25.4 Å². The zero-order valence-electron chi connectivity index (χ0n) is 9.36. The van der Waals surface area contributed by atoms with E-state index < -0.39 is 21.7 Å². The summed E-state index contributed by atoms with van der Waals surface area (Å²) in [7, 11) is -2.58. The van der Waals surface area contributed by atoms with E-state index in [-0.39, 0.29) is 0 Å². The molecule has 0 amide bonds. The summed E-state index contributed by atoms with van der Waals surface area (Å²) >= 11 is 3.28. The SMILES string of the molecule is COC(=O)CS(=O)(=O)Nc1ccc(Br)cc1C. The lowest BCUT2D eigenvalue weighted by molar-refractivity contribution is -0.137. The van der Waals surface area contributed by atoms with Gasteiger partial charge in [0, 0.05) is 4.47 Å². The quantitative estimate of drug-likeness (QED) is 0.856. The number of hydrogen-bond donors (Lipinski definition) is 1. The molecule has 1 rings (SSSR count). The highest BCUT2D eigenvalue weighted by Crippen LogP contribution is 2.21. The first kappa shape index (κ1) is 14.0. The molecule has 0 aromatic heterocycles. The van der Waals surface area contributed by atoms with Crippen molar-refractivity contribution in [2.75, 3.05) is 17.6 Å². The second-order valence-corrected chi connectivity index (χ2v) is 6.03. The van der Waals surface area contributed by atoms with Crippen LogP contribution in [0.25, 0.3) is 0 Å². The van der Waals surface area contributed by atoms with Crippen LogP contribution in [-0.2, 0) is 19.6 Å². The minimum absolute atomic E-state index is 0.442. The topological polar surface area (TPSA) is 72.5 Å². The van der Waals surface area contributed by atoms with Gasteiger partial charge in [-0.15, -0.1) is 0 Å². The van der Waals surface area contributed by atoms with E-state index in [1.165, 1.54) is 0 Å². The van der Waals surface area contributed by atoms with Crippen LogP contribution >= 0.6 is 15.9 Å². The number of benzene rings is 1. The predicted molar refractivity (Wildman–Crippen MR) is 68.3 cm³/mol. The Morgan fingerprint density at radius 2 is 2.12 bits per heavy atom. The molecule has 0 unspecified atom stereocenters. The smallest absolute Gasteiger partial charge is 0.322 e. The standard InChI is InChI=1S/C10H12BrNO4S/c1-7-5-8(11)3-4-9(7)12-17(14,15)6-10(13)16-2/h3-5,12H,6H2,1-2H3. The molecule has 0 aliphatic rings. The fourth-order valence-electron chi connectivity index (χ4n) is 1.16. The first-order valence-electron chi connectivity index (χ1n) is 4.67. The summed E-state index contributed by atoms with van der Waals surface area (Å²) in [4.78, 5) is 10.9. The van der Waals surface area contributed by atoms with Crippen molar-refractivity contribution in [3.63, 3.8) is 0 Å². The number of nitrogens with one attached hydrogen (secondary N) is 1. The zero-order valence-corrected chi connectivity index (χ0v) is 11.8. The first-order valence-corrected chi connectivity index (χ1v) is 7.12. The summed E-state index contributed by atoms with van der Waals surface area (Å²) in [6.07, 6.45) is 0. The van der Waals surface area contributed by atoms with Crippen molar-refractivity contribution in [3.05, 3.63) is 28.2 Å². The molecule has 0 aliphatic heterocycles. The Hall–Kier alpha value is -1.08. The molecule has 0 atom stereocenters. The van der Waals surface area contributed by atoms with Crippen LogP contribution in [0.2, 0.25) is 0 Å². The van der Waals surface area contributed by atoms with Gasteiger partial charge in [0.15, 0.2) is 5.75 Å². The monoisotopic (exact) mass is 321 g/mol. The molecule has 5 nitrogen and oxygen atoms in total. The van der Waals surface area contributed by atoms with Gasteiger partial charge in [0.05, 0.1) is 12.8 Å². The molecule has 0 radical (unpaired) electrons. The van der Waals surface area contributed by atoms with Gasteiger partial charge in [-0.1, -0.05) is 15.9 Å². The summed E-state index contributed by atoms with van der Waals surface area (Å²) in [5.41, 5.74) is 1.20. The molecule has 0 bridgehead atoms. The summed E-state index contributed by atoms with van der Waals surface area (Å²) in [6.45, 7) is 1.76. The van der Waals surface area contributed by atoms with Crippen LogP contribution in [0.4, 0.5) is 5.69 Å². The van der Waals surface area contributed by atoms with Crippen molar-refractivity contribution in [1.82, 2.24) is 0 Å². The largest absolute Gasteiger partial charge is 0.468 e. The fraction of sp³-hybridized carbons (Fsp3) is 0.300. The summed E-state index contributed by atoms with van der Waals surface area (Å²) in [5, 5.41) is 0. The van der Waals surface area contributed by atoms with Gasteiger partial charge >= 0.3 is 5.97 Å². The summed E-state index contributed by atoms with van der Waals surface area (Å²) in [6, 6.07) is 5.10. The van der Waals surface area contributed by atoms with E-state index in [4.69, 9.17) is 0 Å². The van der Waals surface area contributed by atoms with Crippen LogP contribution in [0.5, 0.6) is 0 Å². The molecule has 94 valence electrons. The van der Waals surface area contributed by atoms with Gasteiger partial charge in [-0.2, -0.15) is 0 Å². The molecule has 0 spiro atoms. The molecular formula is C10H12BrNO4S. The number of esters is 1. The minimum Gasteiger partial charge on any atom is -0.468 e. The average Bonchev–Trinajstić information content (AvgIpc) is 2.21. The highest BCUT2D eigenvalue weighted by molar-refractivity contribution is 9.10. The second-order valence-electron chi connectivity index (χ2n) is 3.40. The average molecular weight is 322 g/mol. The van der Waals surface area contributed by atoms with Gasteiger partial charge in [0.2, 0.25) is 10.0 Å². The van der Waals surface area contributed by atoms with Crippen molar-refractivity contribution in [3.8, 4) is 0 Å². The number of carbonyl (C=O) groups is 1. The number of ether oxygens (including phenoxy) is 1. The van der Waals surface area contributed by atoms with E-state index in [9.17, 15) is 13.2 Å². The van der Waals surface area contributed by atoms with E-state index in [0.717, 1.165) is 17.1 Å². The van der Waals surface area contributed by atoms with Gasteiger partial charge in [0.1, 0.15) is 0 Å². The van der Waals surface area contributed by atoms with Gasteiger partial charge in [-0.3, -0.25) is 9.52 Å². The number of methoxy groups -OCH3 is 1. The zero-order chi connectivity index (χ0) is 13.1. The number of halogens is 1. The van der Waals surface area contributed by atoms with E-state index in [1.54, 1.807) is 25.1 Å². The van der Waals surface area contributed by atoms with Crippen molar-refractivity contribution in [2.24, 2.45) is 0 Å². The lowest BCUT2D eigenvalue weighted by atomic mass is 10.2. The third kappa shape index (κ3) is 4.35. The predicted octanol–water partition coefficient (Wildman–Crippen LogP) is 1.67. The van der Waals surface area contributed by atoms with Gasteiger partial charge < -0.3 is 4.74 Å². The van der Waals surface area contributed by atoms with Gasteiger partial charge in [0.25, 0.3) is 0 Å². The third-order valence-electron chi connectivity index (χ3n) is 1.99. The molecule has 7 heteroatoms. The minimum atomic E-state index is -3.72. The molecule has 1 aromatic rings. The molecule has 0 heterocycles. The second kappa shape index (κ2) is 5.50. The number of sulfonamides is 1. The lowest BCUT2D eigenvalue weighted by Gasteiger charge is -2.09. The van der Waals surface area contributed by atoms with Crippen LogP contribution in [0.3, 0.4) is 0 Å². The van der Waals surface area contributed by atoms with Crippen molar-refractivity contribution in [2.45, 2.75) is 6.92 Å². The Labute approximate surface area is 108 Å². The lowest BCUT2D eigenvalue weighted by Crippen LogP contribution is -2.23. The van der Waals surface area contributed by atoms with Crippen LogP contribution in [0, 0.1) is 6.92 Å². The van der Waals surface area contributed by atoms with E-state index >= 15 is 0 Å². The Kier molecular flexibility index (Phi) is 4.53. The van der Waals surface area contributed by atoms with Crippen LogP contribution < -0.4 is 4.72 Å². The van der Waals surface area contributed by atoms with Gasteiger partial charge in [-0.25, -0.2) is 8.42 Å². The normalized spacial score (nSPS) is 11.0. The Morgan fingerprint density at radius 1 is 1.47 bits per heavy atom. The highest BCUT2D eigenvalue weighted by atomic mass is 79.9. The molecule has 0 aliphatic carbocycles. The van der Waals surface area contributed by atoms with Crippen molar-refractivity contribution >= 4 is 37.6 Å². The van der Waals surface area contributed by atoms with Crippen molar-refractivity contribution in [1.29, 1.82) is 0 Å². The molecule has 0 saturated carbocycles. The van der Waals surface area contributed by atoms with Gasteiger partial charge in [-0.05, 0) is 30.7 Å². The molecule has 0 fully saturated rings. The van der Waals surface area contributed by atoms with E-state index in [0.29, 0.717) is 5.69 Å².